The second-order valence-corrected chi connectivity index (χ2v) is 4.41. The summed E-state index contributed by atoms with van der Waals surface area (Å²) in [4.78, 5) is 0. The molecule has 0 fully saturated rings. The van der Waals surface area contributed by atoms with E-state index in [1.807, 2.05) is 38.1 Å². The molecule has 96 valence electrons. The summed E-state index contributed by atoms with van der Waals surface area (Å²) in [6.45, 7) is 16.0. The molecule has 1 nitrogen and oxygen atoms in total. The van der Waals surface area contributed by atoms with E-state index in [-0.39, 0.29) is 5.41 Å². The van der Waals surface area contributed by atoms with Crippen LogP contribution < -0.4 is 4.74 Å². The molecule has 0 aromatic heterocycles. The summed E-state index contributed by atoms with van der Waals surface area (Å²) in [5.41, 5.74) is 2.19. The fourth-order valence-corrected chi connectivity index (χ4v) is 2.21. The summed E-state index contributed by atoms with van der Waals surface area (Å²) in [7, 11) is 0. The highest BCUT2D eigenvalue weighted by Gasteiger charge is 2.33. The Kier molecular flexibility index (Phi) is 4.55. The van der Waals surface area contributed by atoms with Crippen LogP contribution in [0.4, 0.5) is 0 Å². The van der Waals surface area contributed by atoms with Crippen LogP contribution in [0.2, 0.25) is 0 Å². The maximum Gasteiger partial charge on any atom is 0.131 e. The van der Waals surface area contributed by atoms with Gasteiger partial charge in [-0.15, -0.1) is 0 Å². The molecule has 2 rings (SSSR count). The van der Waals surface area contributed by atoms with Gasteiger partial charge in [-0.05, 0) is 12.1 Å². The van der Waals surface area contributed by atoms with Gasteiger partial charge in [-0.2, -0.15) is 0 Å². The van der Waals surface area contributed by atoms with E-state index in [0.29, 0.717) is 0 Å². The molecule has 0 saturated carbocycles. The lowest BCUT2D eigenvalue weighted by Gasteiger charge is -2.34. The van der Waals surface area contributed by atoms with E-state index in [1.54, 1.807) is 6.08 Å². The van der Waals surface area contributed by atoms with Gasteiger partial charge in [0, 0.05) is 16.6 Å². The Labute approximate surface area is 110 Å². The number of benzene rings is 1. The van der Waals surface area contributed by atoms with Crippen molar-refractivity contribution in [3.63, 3.8) is 0 Å². The van der Waals surface area contributed by atoms with Crippen LogP contribution in [-0.2, 0) is 5.41 Å². The van der Waals surface area contributed by atoms with E-state index in [4.69, 9.17) is 4.74 Å². The number of hydrogen-bond acceptors (Lipinski definition) is 1. The van der Waals surface area contributed by atoms with Gasteiger partial charge < -0.3 is 4.74 Å². The van der Waals surface area contributed by atoms with Gasteiger partial charge in [0.2, 0.25) is 0 Å². The zero-order chi connectivity index (χ0) is 13.8. The molecule has 1 heterocycles. The van der Waals surface area contributed by atoms with Crippen molar-refractivity contribution < 1.29 is 4.74 Å². The molecule has 18 heavy (non-hydrogen) atoms. The van der Waals surface area contributed by atoms with Crippen LogP contribution in [0.25, 0.3) is 0 Å². The van der Waals surface area contributed by atoms with Gasteiger partial charge in [-0.1, -0.05) is 65.1 Å². The predicted octanol–water partition coefficient (Wildman–Crippen LogP) is 5.01. The topological polar surface area (TPSA) is 9.23 Å². The number of fused-ring (bicyclic) bond motifs is 1. The third kappa shape index (κ3) is 2.26. The number of allylic oxidation sites excluding steroid dienone is 3. The SMILES string of the molecule is C=CC1=C(C=C)C(C)(C)c2ccccc2O1.CC. The molecule has 0 N–H and O–H groups in total. The molecule has 1 aliphatic heterocycles. The number of rotatable bonds is 2. The fourth-order valence-electron chi connectivity index (χ4n) is 2.21. The Morgan fingerprint density at radius 2 is 1.67 bits per heavy atom. The van der Waals surface area contributed by atoms with Crippen LogP contribution in [-0.4, -0.2) is 0 Å². The van der Waals surface area contributed by atoms with E-state index >= 15 is 0 Å². The average molecular weight is 242 g/mol. The first kappa shape index (κ1) is 14.3. The lowest BCUT2D eigenvalue weighted by Crippen LogP contribution is -2.26. The zero-order valence-electron chi connectivity index (χ0n) is 11.8. The molecule has 0 amide bonds. The summed E-state index contributed by atoms with van der Waals surface area (Å²) in [5.74, 6) is 1.71. The molecule has 1 aromatic rings. The van der Waals surface area contributed by atoms with Gasteiger partial charge in [0.25, 0.3) is 0 Å². The maximum atomic E-state index is 5.81. The third-order valence-electron chi connectivity index (χ3n) is 3.11. The molecule has 0 spiro atoms. The van der Waals surface area contributed by atoms with Crippen LogP contribution in [0.15, 0.2) is 60.9 Å². The normalized spacial score (nSPS) is 15.8. The van der Waals surface area contributed by atoms with Gasteiger partial charge in [-0.3, -0.25) is 0 Å². The molecule has 0 saturated heterocycles. The number of hydrogen-bond donors (Lipinski definition) is 0. The lowest BCUT2D eigenvalue weighted by atomic mass is 9.75. The first-order valence-electron chi connectivity index (χ1n) is 6.38. The smallest absolute Gasteiger partial charge is 0.131 e. The fraction of sp³-hybridized carbons (Fsp3) is 0.294. The third-order valence-corrected chi connectivity index (χ3v) is 3.11. The summed E-state index contributed by atoms with van der Waals surface area (Å²) >= 11 is 0. The molecule has 0 unspecified atom stereocenters. The Balaban J connectivity index is 0.000000771. The highest BCUT2D eigenvalue weighted by molar-refractivity contribution is 5.53. The molecule has 0 aliphatic carbocycles. The first-order chi connectivity index (χ1) is 8.61. The van der Waals surface area contributed by atoms with Gasteiger partial charge in [0.05, 0.1) is 0 Å². The van der Waals surface area contributed by atoms with Crippen molar-refractivity contribution in [2.24, 2.45) is 0 Å². The Hall–Kier alpha value is -1.76. The van der Waals surface area contributed by atoms with Crippen LogP contribution in [0.1, 0.15) is 33.3 Å². The van der Waals surface area contributed by atoms with E-state index in [0.717, 1.165) is 17.1 Å². The second-order valence-electron chi connectivity index (χ2n) is 4.41. The molecule has 0 radical (unpaired) electrons. The van der Waals surface area contributed by atoms with Crippen molar-refractivity contribution in [1.29, 1.82) is 0 Å². The lowest BCUT2D eigenvalue weighted by molar-refractivity contribution is 0.388. The minimum absolute atomic E-state index is 0.0832. The molecular weight excluding hydrogens is 220 g/mol. The quantitative estimate of drug-likeness (QED) is 0.708. The zero-order valence-corrected chi connectivity index (χ0v) is 11.8. The standard InChI is InChI=1S/C15H16O.C2H6/c1-5-11-13(6-2)16-14-10-8-7-9-12(14)15(11,3)4;1-2/h5-10H,1-2H2,3-4H3;1-2H3. The highest BCUT2D eigenvalue weighted by Crippen LogP contribution is 2.43. The average Bonchev–Trinajstić information content (AvgIpc) is 2.40. The largest absolute Gasteiger partial charge is 0.457 e. The van der Waals surface area contributed by atoms with Crippen molar-refractivity contribution in [2.75, 3.05) is 0 Å². The molecule has 1 heteroatoms. The summed E-state index contributed by atoms with van der Waals surface area (Å²) in [6, 6.07) is 8.09. The van der Waals surface area contributed by atoms with E-state index in [2.05, 4.69) is 33.1 Å². The summed E-state index contributed by atoms with van der Waals surface area (Å²) < 4.78 is 5.81. The highest BCUT2D eigenvalue weighted by atomic mass is 16.5. The van der Waals surface area contributed by atoms with Gasteiger partial charge in [0.15, 0.2) is 0 Å². The van der Waals surface area contributed by atoms with Crippen molar-refractivity contribution >= 4 is 0 Å². The van der Waals surface area contributed by atoms with Gasteiger partial charge >= 0.3 is 0 Å². The molecule has 1 aliphatic rings. The minimum atomic E-state index is -0.0832. The van der Waals surface area contributed by atoms with E-state index in [9.17, 15) is 0 Å². The van der Waals surface area contributed by atoms with Gasteiger partial charge in [-0.25, -0.2) is 0 Å². The van der Waals surface area contributed by atoms with Crippen molar-refractivity contribution in [3.8, 4) is 5.75 Å². The molecule has 0 bridgehead atoms. The van der Waals surface area contributed by atoms with Crippen LogP contribution in [0.3, 0.4) is 0 Å². The monoisotopic (exact) mass is 242 g/mol. The number of para-hydroxylation sites is 1. The molecule has 1 aromatic carbocycles. The second kappa shape index (κ2) is 5.72. The summed E-state index contributed by atoms with van der Waals surface area (Å²) in [5, 5.41) is 0. The summed E-state index contributed by atoms with van der Waals surface area (Å²) in [6.07, 6.45) is 3.60. The minimum Gasteiger partial charge on any atom is -0.457 e. The van der Waals surface area contributed by atoms with E-state index < -0.39 is 0 Å². The molecular formula is C17H22O. The van der Waals surface area contributed by atoms with E-state index in [1.165, 1.54) is 5.56 Å². The van der Waals surface area contributed by atoms with Crippen molar-refractivity contribution in [1.82, 2.24) is 0 Å². The van der Waals surface area contributed by atoms with Crippen molar-refractivity contribution in [3.05, 3.63) is 66.5 Å². The molecule has 0 atom stereocenters. The van der Waals surface area contributed by atoms with Gasteiger partial charge in [0.1, 0.15) is 11.5 Å². The predicted molar refractivity (Wildman–Crippen MR) is 78.9 cm³/mol. The van der Waals surface area contributed by atoms with Crippen molar-refractivity contribution in [2.45, 2.75) is 33.1 Å². The van der Waals surface area contributed by atoms with Crippen LogP contribution in [0.5, 0.6) is 5.75 Å². The van der Waals surface area contributed by atoms with Crippen LogP contribution >= 0.6 is 0 Å². The Bertz CT molecular complexity index is 478. The maximum absolute atomic E-state index is 5.81. The first-order valence-corrected chi connectivity index (χ1v) is 6.38. The Morgan fingerprint density at radius 1 is 1.06 bits per heavy atom. The van der Waals surface area contributed by atoms with Crippen LogP contribution in [0, 0.1) is 0 Å². The Morgan fingerprint density at radius 3 is 2.22 bits per heavy atom. The number of ether oxygens (including phenoxy) is 1.